The van der Waals surface area contributed by atoms with E-state index < -0.39 is 23.3 Å². The van der Waals surface area contributed by atoms with Gasteiger partial charge in [0.2, 0.25) is 0 Å². The van der Waals surface area contributed by atoms with Crippen LogP contribution in [0.2, 0.25) is 0 Å². The zero-order chi connectivity index (χ0) is 15.6. The third-order valence-electron chi connectivity index (χ3n) is 2.75. The fourth-order valence-corrected chi connectivity index (χ4v) is 1.68. The number of anilines is 2. The molecule has 5 nitrogen and oxygen atoms in total. The third kappa shape index (κ3) is 3.13. The Morgan fingerprint density at radius 3 is 2.43 bits per heavy atom. The highest BCUT2D eigenvalue weighted by molar-refractivity contribution is 5.92. The van der Waals surface area contributed by atoms with E-state index >= 15 is 0 Å². The second kappa shape index (κ2) is 5.82. The van der Waals surface area contributed by atoms with Crippen LogP contribution >= 0.6 is 0 Å². The summed E-state index contributed by atoms with van der Waals surface area (Å²) in [6.07, 6.45) is 1.21. The van der Waals surface area contributed by atoms with Crippen molar-refractivity contribution in [3.8, 4) is 0 Å². The van der Waals surface area contributed by atoms with Crippen LogP contribution in [0.25, 0.3) is 0 Å². The molecule has 0 amide bonds. The minimum absolute atomic E-state index is 0.0673. The van der Waals surface area contributed by atoms with E-state index in [2.05, 4.69) is 15.3 Å². The maximum Gasteiger partial charge on any atom is 0.356 e. The quantitative estimate of drug-likeness (QED) is 0.904. The predicted octanol–water partition coefficient (Wildman–Crippen LogP) is 3.32. The van der Waals surface area contributed by atoms with Crippen molar-refractivity contribution in [3.63, 3.8) is 0 Å². The fraction of sp³-hybridized carbons (Fsp3) is 0.214. The Morgan fingerprint density at radius 1 is 1.29 bits per heavy atom. The Balaban J connectivity index is 2.47. The lowest BCUT2D eigenvalue weighted by molar-refractivity contribution is 0.0691. The molecule has 2 rings (SSSR count). The average Bonchev–Trinajstić information content (AvgIpc) is 2.42. The van der Waals surface area contributed by atoms with Crippen LogP contribution in [0.15, 0.2) is 24.4 Å². The molecule has 2 N–H and O–H groups in total. The summed E-state index contributed by atoms with van der Waals surface area (Å²) in [6.45, 7) is 3.62. The van der Waals surface area contributed by atoms with E-state index in [-0.39, 0.29) is 17.3 Å². The second-order valence-corrected chi connectivity index (χ2v) is 4.67. The van der Waals surface area contributed by atoms with E-state index in [0.29, 0.717) is 5.82 Å². The maximum absolute atomic E-state index is 13.6. The molecule has 1 heterocycles. The van der Waals surface area contributed by atoms with Gasteiger partial charge in [0.05, 0.1) is 11.9 Å². The molecule has 1 aromatic carbocycles. The van der Waals surface area contributed by atoms with Crippen LogP contribution in [-0.4, -0.2) is 21.0 Å². The van der Waals surface area contributed by atoms with Crippen LogP contribution in [0.3, 0.4) is 0 Å². The van der Waals surface area contributed by atoms with Gasteiger partial charge in [-0.25, -0.2) is 23.5 Å². The number of para-hydroxylation sites is 1. The number of hydrogen-bond acceptors (Lipinski definition) is 4. The molecular weight excluding hydrogens is 280 g/mol. The van der Waals surface area contributed by atoms with Gasteiger partial charge in [-0.05, 0) is 12.1 Å². The van der Waals surface area contributed by atoms with Crippen molar-refractivity contribution in [2.45, 2.75) is 19.8 Å². The smallest absolute Gasteiger partial charge is 0.356 e. The van der Waals surface area contributed by atoms with Crippen LogP contribution in [-0.2, 0) is 0 Å². The molecule has 0 unspecified atom stereocenters. The van der Waals surface area contributed by atoms with Gasteiger partial charge in [0.25, 0.3) is 0 Å². The molecule has 1 aromatic heterocycles. The molecule has 0 bridgehead atoms. The number of nitrogens with one attached hydrogen (secondary N) is 1. The van der Waals surface area contributed by atoms with E-state index in [1.807, 2.05) is 13.8 Å². The lowest BCUT2D eigenvalue weighted by Crippen LogP contribution is -2.11. The highest BCUT2D eigenvalue weighted by atomic mass is 19.1. The number of halogens is 2. The first-order chi connectivity index (χ1) is 9.90. The van der Waals surface area contributed by atoms with Gasteiger partial charge >= 0.3 is 5.97 Å². The molecule has 0 spiro atoms. The number of hydrogen-bond donors (Lipinski definition) is 2. The summed E-state index contributed by atoms with van der Waals surface area (Å²) in [4.78, 5) is 19.1. The molecule has 0 aliphatic rings. The Hall–Kier alpha value is -2.57. The van der Waals surface area contributed by atoms with Crippen LogP contribution in [0.4, 0.5) is 20.2 Å². The third-order valence-corrected chi connectivity index (χ3v) is 2.75. The van der Waals surface area contributed by atoms with Gasteiger partial charge < -0.3 is 10.4 Å². The number of nitrogens with zero attached hydrogens (tertiary/aromatic N) is 2. The summed E-state index contributed by atoms with van der Waals surface area (Å²) >= 11 is 0. The summed E-state index contributed by atoms with van der Waals surface area (Å²) < 4.78 is 27.2. The molecule has 2 aromatic rings. The first-order valence-corrected chi connectivity index (χ1v) is 6.21. The standard InChI is InChI=1S/C14H13F2N3O2/c1-7(2)13-17-6-10(12(19-13)14(20)21)18-11-8(15)4-3-5-9(11)16/h3-7,18H,1-2H3,(H,20,21). The van der Waals surface area contributed by atoms with Gasteiger partial charge in [0.1, 0.15) is 23.1 Å². The summed E-state index contributed by atoms with van der Waals surface area (Å²) in [6, 6.07) is 3.34. The Morgan fingerprint density at radius 2 is 1.90 bits per heavy atom. The Bertz CT molecular complexity index is 670. The van der Waals surface area contributed by atoms with Gasteiger partial charge in [-0.2, -0.15) is 0 Å². The van der Waals surface area contributed by atoms with Crippen molar-refractivity contribution >= 4 is 17.3 Å². The van der Waals surface area contributed by atoms with Crippen molar-refractivity contribution in [1.82, 2.24) is 9.97 Å². The Kier molecular flexibility index (Phi) is 4.11. The molecule has 0 saturated heterocycles. The number of rotatable bonds is 4. The molecule has 0 aliphatic carbocycles. The fourth-order valence-electron chi connectivity index (χ4n) is 1.68. The molecule has 0 aliphatic heterocycles. The largest absolute Gasteiger partial charge is 0.476 e. The van der Waals surface area contributed by atoms with E-state index in [0.717, 1.165) is 12.1 Å². The first-order valence-electron chi connectivity index (χ1n) is 6.21. The summed E-state index contributed by atoms with van der Waals surface area (Å²) in [5, 5.41) is 11.6. The van der Waals surface area contributed by atoms with E-state index in [1.54, 1.807) is 0 Å². The van der Waals surface area contributed by atoms with Gasteiger partial charge in [-0.3, -0.25) is 0 Å². The summed E-state index contributed by atoms with van der Waals surface area (Å²) in [5.74, 6) is -2.70. The van der Waals surface area contributed by atoms with Crippen LogP contribution in [0.1, 0.15) is 36.1 Å². The summed E-state index contributed by atoms with van der Waals surface area (Å²) in [5.41, 5.74) is -0.854. The number of aromatic nitrogens is 2. The van der Waals surface area contributed by atoms with Crippen molar-refractivity contribution in [3.05, 3.63) is 47.5 Å². The minimum atomic E-state index is -1.31. The zero-order valence-corrected chi connectivity index (χ0v) is 11.4. The second-order valence-electron chi connectivity index (χ2n) is 4.67. The highest BCUT2D eigenvalue weighted by Crippen LogP contribution is 2.25. The normalized spacial score (nSPS) is 10.7. The van der Waals surface area contributed by atoms with Crippen molar-refractivity contribution in [1.29, 1.82) is 0 Å². The SMILES string of the molecule is CC(C)c1ncc(Nc2c(F)cccc2F)c(C(=O)O)n1. The van der Waals surface area contributed by atoms with E-state index in [9.17, 15) is 18.7 Å². The molecule has 110 valence electrons. The van der Waals surface area contributed by atoms with Crippen molar-refractivity contribution in [2.75, 3.05) is 5.32 Å². The van der Waals surface area contributed by atoms with Crippen LogP contribution in [0, 0.1) is 11.6 Å². The van der Waals surface area contributed by atoms with Crippen LogP contribution < -0.4 is 5.32 Å². The lowest BCUT2D eigenvalue weighted by Gasteiger charge is -2.12. The monoisotopic (exact) mass is 293 g/mol. The van der Waals surface area contributed by atoms with Crippen LogP contribution in [0.5, 0.6) is 0 Å². The molecule has 0 radical (unpaired) electrons. The number of benzene rings is 1. The number of carbonyl (C=O) groups is 1. The minimum Gasteiger partial charge on any atom is -0.476 e. The average molecular weight is 293 g/mol. The zero-order valence-electron chi connectivity index (χ0n) is 11.4. The molecular formula is C14H13F2N3O2. The molecule has 0 atom stereocenters. The molecule has 0 saturated carbocycles. The van der Waals surface area contributed by atoms with Gasteiger partial charge in [0, 0.05) is 5.92 Å². The summed E-state index contributed by atoms with van der Waals surface area (Å²) in [7, 11) is 0. The molecule has 7 heteroatoms. The van der Waals surface area contributed by atoms with E-state index in [4.69, 9.17) is 0 Å². The number of carboxylic acids is 1. The lowest BCUT2D eigenvalue weighted by atomic mass is 10.2. The Labute approximate surface area is 119 Å². The van der Waals surface area contributed by atoms with Crippen molar-refractivity contribution < 1.29 is 18.7 Å². The van der Waals surface area contributed by atoms with Crippen molar-refractivity contribution in [2.24, 2.45) is 0 Å². The van der Waals surface area contributed by atoms with Gasteiger partial charge in [-0.15, -0.1) is 0 Å². The molecule has 0 fully saturated rings. The first kappa shape index (κ1) is 14.8. The van der Waals surface area contributed by atoms with Gasteiger partial charge in [-0.1, -0.05) is 19.9 Å². The highest BCUT2D eigenvalue weighted by Gasteiger charge is 2.18. The van der Waals surface area contributed by atoms with E-state index in [1.165, 1.54) is 12.3 Å². The van der Waals surface area contributed by atoms with Gasteiger partial charge in [0.15, 0.2) is 5.69 Å². The molecule has 21 heavy (non-hydrogen) atoms. The number of aromatic carboxylic acids is 1. The predicted molar refractivity (Wildman–Crippen MR) is 72.7 cm³/mol. The topological polar surface area (TPSA) is 75.1 Å². The maximum atomic E-state index is 13.6. The number of carboxylic acid groups (broad SMARTS) is 1.